The van der Waals surface area contributed by atoms with Gasteiger partial charge in [-0.2, -0.15) is 0 Å². The van der Waals surface area contributed by atoms with Gasteiger partial charge in [0.1, 0.15) is 5.92 Å². The molecule has 0 aromatic heterocycles. The number of carbonyl (C=O) groups excluding carboxylic acids is 2. The summed E-state index contributed by atoms with van der Waals surface area (Å²) in [4.78, 5) is 26.4. The zero-order valence-corrected chi connectivity index (χ0v) is 15.2. The molecule has 25 heavy (non-hydrogen) atoms. The predicted octanol–water partition coefficient (Wildman–Crippen LogP) is 2.21. The molecule has 5 heteroatoms. The molecular weight excluding hydrogens is 316 g/mol. The van der Waals surface area contributed by atoms with Crippen LogP contribution in [-0.4, -0.2) is 47.6 Å². The third-order valence-corrected chi connectivity index (χ3v) is 5.81. The molecule has 4 rings (SSSR count). The van der Waals surface area contributed by atoms with Crippen LogP contribution in [0.3, 0.4) is 0 Å². The number of carbonyl (C=O) groups is 2. The number of hydrogen-bond donors (Lipinski definition) is 0. The zero-order chi connectivity index (χ0) is 17.7. The average molecular weight is 342 g/mol. The van der Waals surface area contributed by atoms with Crippen LogP contribution in [-0.2, 0) is 27.2 Å². The molecule has 3 atom stereocenters. The molecule has 3 unspecified atom stereocenters. The highest BCUT2D eigenvalue weighted by Gasteiger charge is 2.51. The quantitative estimate of drug-likeness (QED) is 0.792. The van der Waals surface area contributed by atoms with Gasteiger partial charge in [-0.25, -0.2) is 5.01 Å². The Bertz CT molecular complexity index is 675. The van der Waals surface area contributed by atoms with E-state index in [9.17, 15) is 9.59 Å². The number of ether oxygens (including phenoxy) is 1. The van der Waals surface area contributed by atoms with Crippen LogP contribution >= 0.6 is 0 Å². The summed E-state index contributed by atoms with van der Waals surface area (Å²) in [6, 6.07) is 4.25. The molecule has 5 nitrogen and oxygen atoms in total. The Morgan fingerprint density at radius 3 is 2.24 bits per heavy atom. The van der Waals surface area contributed by atoms with Crippen LogP contribution in [0.4, 0.5) is 0 Å². The predicted molar refractivity (Wildman–Crippen MR) is 93.9 cm³/mol. The molecule has 0 spiro atoms. The molecule has 1 aromatic carbocycles. The maximum Gasteiger partial charge on any atom is 0.258 e. The second kappa shape index (κ2) is 6.13. The Labute approximate surface area is 148 Å². The Morgan fingerprint density at radius 2 is 1.64 bits per heavy atom. The van der Waals surface area contributed by atoms with E-state index in [-0.39, 0.29) is 17.9 Å². The van der Waals surface area contributed by atoms with E-state index < -0.39 is 5.92 Å². The van der Waals surface area contributed by atoms with Crippen molar-refractivity contribution in [2.75, 3.05) is 19.7 Å². The molecule has 134 valence electrons. The highest BCUT2D eigenvalue weighted by atomic mass is 16.5. The van der Waals surface area contributed by atoms with Crippen LogP contribution in [0.2, 0.25) is 0 Å². The third-order valence-electron chi connectivity index (χ3n) is 5.81. The van der Waals surface area contributed by atoms with Gasteiger partial charge in [-0.1, -0.05) is 31.5 Å². The molecule has 2 bridgehead atoms. The van der Waals surface area contributed by atoms with Gasteiger partial charge in [-0.05, 0) is 42.9 Å². The molecule has 3 saturated heterocycles. The van der Waals surface area contributed by atoms with Gasteiger partial charge < -0.3 is 4.74 Å². The second-order valence-corrected chi connectivity index (χ2v) is 7.53. The lowest BCUT2D eigenvalue weighted by Crippen LogP contribution is -2.45. The minimum Gasteiger partial charge on any atom is -0.376 e. The van der Waals surface area contributed by atoms with Gasteiger partial charge >= 0.3 is 0 Å². The van der Waals surface area contributed by atoms with E-state index in [1.807, 2.05) is 0 Å². The van der Waals surface area contributed by atoms with Crippen LogP contribution in [0.25, 0.3) is 0 Å². The topological polar surface area (TPSA) is 49.9 Å². The molecule has 3 heterocycles. The summed E-state index contributed by atoms with van der Waals surface area (Å²) >= 11 is 0. The van der Waals surface area contributed by atoms with Crippen molar-refractivity contribution in [1.29, 1.82) is 0 Å². The Kier molecular flexibility index (Phi) is 4.07. The normalized spacial score (nSPS) is 28.5. The minimum atomic E-state index is -0.678. The fraction of sp³-hybridized carbons (Fsp3) is 0.600. The van der Waals surface area contributed by atoms with E-state index in [1.54, 1.807) is 10.0 Å². The monoisotopic (exact) mass is 342 g/mol. The number of hydrogen-bond acceptors (Lipinski definition) is 3. The first-order valence-corrected chi connectivity index (χ1v) is 9.40. The van der Waals surface area contributed by atoms with Crippen molar-refractivity contribution in [1.82, 2.24) is 10.0 Å². The van der Waals surface area contributed by atoms with Crippen molar-refractivity contribution in [2.45, 2.75) is 52.1 Å². The lowest BCUT2D eigenvalue weighted by atomic mass is 9.85. The summed E-state index contributed by atoms with van der Waals surface area (Å²) in [7, 11) is 0. The number of aryl methyl sites for hydroxylation is 3. The third kappa shape index (κ3) is 2.56. The van der Waals surface area contributed by atoms with Crippen molar-refractivity contribution in [3.63, 3.8) is 0 Å². The number of rotatable bonds is 3. The fourth-order valence-electron chi connectivity index (χ4n) is 4.65. The Morgan fingerprint density at radius 1 is 1.04 bits per heavy atom. The first kappa shape index (κ1) is 16.6. The van der Waals surface area contributed by atoms with Crippen LogP contribution < -0.4 is 0 Å². The molecular formula is C20H26N2O3. The van der Waals surface area contributed by atoms with Crippen molar-refractivity contribution in [2.24, 2.45) is 5.92 Å². The molecule has 0 N–H and O–H groups in total. The number of amides is 2. The van der Waals surface area contributed by atoms with Crippen LogP contribution in [0, 0.1) is 12.8 Å². The van der Waals surface area contributed by atoms with Crippen molar-refractivity contribution < 1.29 is 14.3 Å². The summed E-state index contributed by atoms with van der Waals surface area (Å²) in [5, 5.41) is 3.37. The molecule has 1 aromatic rings. The van der Waals surface area contributed by atoms with E-state index in [4.69, 9.17) is 4.74 Å². The first-order chi connectivity index (χ1) is 12.0. The van der Waals surface area contributed by atoms with Gasteiger partial charge in [0.15, 0.2) is 0 Å². The van der Waals surface area contributed by atoms with Crippen molar-refractivity contribution in [3.05, 3.63) is 34.4 Å². The molecule has 0 radical (unpaired) electrons. The summed E-state index contributed by atoms with van der Waals surface area (Å²) < 4.78 is 5.76. The Balaban J connectivity index is 1.77. The lowest BCUT2D eigenvalue weighted by Gasteiger charge is -2.29. The van der Waals surface area contributed by atoms with Gasteiger partial charge in [-0.3, -0.25) is 14.6 Å². The Hall–Kier alpha value is -1.88. The van der Waals surface area contributed by atoms with Gasteiger partial charge in [0.2, 0.25) is 0 Å². The van der Waals surface area contributed by atoms with Gasteiger partial charge in [0.25, 0.3) is 11.8 Å². The van der Waals surface area contributed by atoms with Gasteiger partial charge in [0, 0.05) is 12.5 Å². The van der Waals surface area contributed by atoms with Crippen LogP contribution in [0.1, 0.15) is 48.4 Å². The summed E-state index contributed by atoms with van der Waals surface area (Å²) in [5.41, 5.74) is 4.40. The lowest BCUT2D eigenvalue weighted by molar-refractivity contribution is -0.151. The SMILES string of the molecule is CCc1cc(C)cc(CC)c1C1C(=O)N2CC3COC(C3)CN2C1=O. The van der Waals surface area contributed by atoms with E-state index >= 15 is 0 Å². The molecule has 2 amide bonds. The molecule has 3 aliphatic rings. The molecule has 3 aliphatic heterocycles. The maximum atomic E-state index is 13.2. The standard InChI is InChI=1S/C20H26N2O3/c1-4-14-6-12(3)7-15(5-2)17(14)18-19(23)21-9-13-8-16(25-11-13)10-22(21)20(18)24/h6-7,13,16,18H,4-5,8-11H2,1-3H3. The van der Waals surface area contributed by atoms with Crippen molar-refractivity contribution in [3.8, 4) is 0 Å². The highest BCUT2D eigenvalue weighted by Crippen LogP contribution is 2.38. The number of nitrogens with zero attached hydrogens (tertiary/aromatic N) is 2. The number of fused-ring (bicyclic) bond motifs is 3. The smallest absolute Gasteiger partial charge is 0.258 e. The van der Waals surface area contributed by atoms with Gasteiger partial charge in [0.05, 0.1) is 19.3 Å². The fourth-order valence-corrected chi connectivity index (χ4v) is 4.65. The largest absolute Gasteiger partial charge is 0.376 e. The zero-order valence-electron chi connectivity index (χ0n) is 15.2. The molecule has 0 saturated carbocycles. The second-order valence-electron chi connectivity index (χ2n) is 7.53. The van der Waals surface area contributed by atoms with E-state index in [0.29, 0.717) is 25.6 Å². The van der Waals surface area contributed by atoms with E-state index in [0.717, 1.165) is 36.0 Å². The van der Waals surface area contributed by atoms with Crippen molar-refractivity contribution >= 4 is 11.8 Å². The minimum absolute atomic E-state index is 0.0502. The van der Waals surface area contributed by atoms with Crippen LogP contribution in [0.5, 0.6) is 0 Å². The summed E-state index contributed by atoms with van der Waals surface area (Å²) in [6.45, 7) is 8.07. The highest BCUT2D eigenvalue weighted by molar-refractivity contribution is 6.10. The van der Waals surface area contributed by atoms with E-state index in [2.05, 4.69) is 32.9 Å². The van der Waals surface area contributed by atoms with Gasteiger partial charge in [-0.15, -0.1) is 0 Å². The average Bonchev–Trinajstić information content (AvgIpc) is 3.04. The summed E-state index contributed by atoms with van der Waals surface area (Å²) in [6.07, 6.45) is 2.67. The maximum absolute atomic E-state index is 13.2. The van der Waals surface area contributed by atoms with Crippen LogP contribution in [0.15, 0.2) is 12.1 Å². The number of benzene rings is 1. The molecule has 0 aliphatic carbocycles. The molecule has 3 fully saturated rings. The number of hydrazine groups is 1. The summed E-state index contributed by atoms with van der Waals surface area (Å²) in [5.74, 6) is -0.456. The first-order valence-electron chi connectivity index (χ1n) is 9.40. The van der Waals surface area contributed by atoms with E-state index in [1.165, 1.54) is 5.56 Å².